The molecule has 1 amide bonds. The number of carbonyl (C=O) groups is 1. The topological polar surface area (TPSA) is 113 Å². The number of ether oxygens (including phenoxy) is 2. The minimum Gasteiger partial charge on any atom is -0.444 e. The smallest absolute Gasteiger partial charge is 0.410 e. The van der Waals surface area contributed by atoms with Gasteiger partial charge in [0.05, 0.1) is 18.1 Å². The summed E-state index contributed by atoms with van der Waals surface area (Å²) in [4.78, 5) is 34.0. The summed E-state index contributed by atoms with van der Waals surface area (Å²) in [6.45, 7) is 11.8. The normalized spacial score (nSPS) is 17.1. The van der Waals surface area contributed by atoms with E-state index in [1.165, 1.54) is 6.07 Å². The van der Waals surface area contributed by atoms with Crippen molar-refractivity contribution in [1.29, 1.82) is 0 Å². The highest BCUT2D eigenvalue weighted by Crippen LogP contribution is 2.29. The van der Waals surface area contributed by atoms with E-state index >= 15 is 0 Å². The van der Waals surface area contributed by atoms with E-state index in [1.54, 1.807) is 11.0 Å². The van der Waals surface area contributed by atoms with Gasteiger partial charge in [0.1, 0.15) is 11.4 Å². The Morgan fingerprint density at radius 3 is 2.33 bits per heavy atom. The van der Waals surface area contributed by atoms with Crippen molar-refractivity contribution in [1.82, 2.24) is 14.8 Å². The summed E-state index contributed by atoms with van der Waals surface area (Å²) >= 11 is 0. The lowest BCUT2D eigenvalue weighted by atomic mass is 10.1. The van der Waals surface area contributed by atoms with Crippen LogP contribution in [-0.4, -0.2) is 83.9 Å². The number of benzene rings is 1. The van der Waals surface area contributed by atoms with E-state index in [1.807, 2.05) is 45.0 Å². The number of morpholine rings is 1. The molecule has 2 aliphatic heterocycles. The molecule has 1 aromatic heterocycles. The summed E-state index contributed by atoms with van der Waals surface area (Å²) in [5.41, 5.74) is 1.28. The minimum atomic E-state index is -0.496. The molecule has 11 heteroatoms. The van der Waals surface area contributed by atoms with E-state index in [-0.39, 0.29) is 17.6 Å². The van der Waals surface area contributed by atoms with Crippen LogP contribution in [-0.2, 0) is 16.0 Å². The molecule has 0 spiro atoms. The van der Waals surface area contributed by atoms with Gasteiger partial charge in [0.25, 0.3) is 0 Å². The van der Waals surface area contributed by atoms with Crippen molar-refractivity contribution < 1.29 is 19.2 Å². The van der Waals surface area contributed by atoms with E-state index in [4.69, 9.17) is 9.47 Å². The maximum Gasteiger partial charge on any atom is 0.410 e. The van der Waals surface area contributed by atoms with Crippen LogP contribution >= 0.6 is 0 Å². The second kappa shape index (κ2) is 11.1. The molecule has 2 aliphatic rings. The Balaban J connectivity index is 1.35. The number of nitrogens with zero attached hydrogens (tertiary/aromatic N) is 5. The average Bonchev–Trinajstić information content (AvgIpc) is 2.85. The van der Waals surface area contributed by atoms with Crippen LogP contribution in [0.25, 0.3) is 0 Å². The summed E-state index contributed by atoms with van der Waals surface area (Å²) in [6.07, 6.45) is -0.266. The largest absolute Gasteiger partial charge is 0.444 e. The molecule has 0 saturated carbocycles. The molecule has 2 aromatic rings. The third-order valence-corrected chi connectivity index (χ3v) is 6.04. The monoisotopic (exact) mass is 498 g/mol. The lowest BCUT2D eigenvalue weighted by Gasteiger charge is -2.35. The van der Waals surface area contributed by atoms with E-state index in [0.717, 1.165) is 30.9 Å². The summed E-state index contributed by atoms with van der Waals surface area (Å²) in [7, 11) is 0. The zero-order valence-electron chi connectivity index (χ0n) is 21.1. The van der Waals surface area contributed by atoms with Gasteiger partial charge in [0, 0.05) is 57.6 Å². The van der Waals surface area contributed by atoms with Crippen LogP contribution in [0.4, 0.5) is 27.8 Å². The molecule has 36 heavy (non-hydrogen) atoms. The number of hydrogen-bond donors (Lipinski definition) is 1. The van der Waals surface area contributed by atoms with Gasteiger partial charge in [0.2, 0.25) is 5.82 Å². The quantitative estimate of drug-likeness (QED) is 0.471. The Kier molecular flexibility index (Phi) is 7.90. The number of amides is 1. The Bertz CT molecular complexity index is 1060. The summed E-state index contributed by atoms with van der Waals surface area (Å²) < 4.78 is 10.9. The van der Waals surface area contributed by atoms with Crippen molar-refractivity contribution in [2.75, 3.05) is 62.7 Å². The van der Waals surface area contributed by atoms with Gasteiger partial charge in [-0.2, -0.15) is 0 Å². The van der Waals surface area contributed by atoms with Gasteiger partial charge in [-0.15, -0.1) is 0 Å². The van der Waals surface area contributed by atoms with Gasteiger partial charge in [-0.05, 0) is 44.5 Å². The Morgan fingerprint density at radius 1 is 1.06 bits per heavy atom. The minimum absolute atomic E-state index is 0.0704. The molecule has 3 heterocycles. The first-order chi connectivity index (χ1) is 17.2. The number of hydrogen-bond acceptors (Lipinski definition) is 9. The predicted octanol–water partition coefficient (Wildman–Crippen LogP) is 3.62. The first-order valence-electron chi connectivity index (χ1n) is 12.2. The van der Waals surface area contributed by atoms with Gasteiger partial charge in [-0.25, -0.2) is 9.78 Å². The molecule has 194 valence electrons. The van der Waals surface area contributed by atoms with E-state index in [2.05, 4.69) is 20.1 Å². The number of anilines is 3. The number of nitro groups is 1. The fraction of sp³-hybridized carbons (Fsp3) is 0.520. The third-order valence-electron chi connectivity index (χ3n) is 6.04. The van der Waals surface area contributed by atoms with Crippen LogP contribution in [0.1, 0.15) is 26.3 Å². The molecule has 11 nitrogen and oxygen atoms in total. The molecular weight excluding hydrogens is 464 g/mol. The van der Waals surface area contributed by atoms with Crippen LogP contribution in [0.5, 0.6) is 0 Å². The third kappa shape index (κ3) is 6.82. The van der Waals surface area contributed by atoms with Crippen LogP contribution < -0.4 is 10.2 Å². The molecule has 0 atom stereocenters. The van der Waals surface area contributed by atoms with Crippen molar-refractivity contribution in [2.45, 2.75) is 32.9 Å². The van der Waals surface area contributed by atoms with Crippen molar-refractivity contribution >= 4 is 29.1 Å². The summed E-state index contributed by atoms with van der Waals surface area (Å²) in [6, 6.07) is 11.0. The van der Waals surface area contributed by atoms with E-state index in [9.17, 15) is 14.9 Å². The second-order valence-electron chi connectivity index (χ2n) is 9.96. The summed E-state index contributed by atoms with van der Waals surface area (Å²) in [5.74, 6) is 0.906. The number of piperazine rings is 1. The van der Waals surface area contributed by atoms with Gasteiger partial charge < -0.3 is 24.6 Å². The Labute approximate surface area is 211 Å². The van der Waals surface area contributed by atoms with Gasteiger partial charge in [-0.3, -0.25) is 15.0 Å². The fourth-order valence-electron chi connectivity index (χ4n) is 4.15. The molecule has 0 bridgehead atoms. The van der Waals surface area contributed by atoms with E-state index in [0.29, 0.717) is 45.2 Å². The standard InChI is InChI=1S/C25H34N6O5/c1-25(2,3)36-24(32)30-12-10-28(11-13-30)18-19-4-6-20(7-5-19)26-23-21(31(33)34)8-9-22(27-23)29-14-16-35-17-15-29/h4-9H,10-18H2,1-3H3,(H,26,27). The highest BCUT2D eigenvalue weighted by Gasteiger charge is 2.26. The Hall–Kier alpha value is -3.44. The van der Waals surface area contributed by atoms with Crippen molar-refractivity contribution in [2.24, 2.45) is 0 Å². The van der Waals surface area contributed by atoms with Crippen LogP contribution in [0, 0.1) is 10.1 Å². The van der Waals surface area contributed by atoms with Gasteiger partial charge in [0.15, 0.2) is 0 Å². The number of carbonyl (C=O) groups excluding carboxylic acids is 1. The number of aromatic nitrogens is 1. The number of pyridine rings is 1. The lowest BCUT2D eigenvalue weighted by molar-refractivity contribution is -0.384. The first kappa shape index (κ1) is 25.6. The van der Waals surface area contributed by atoms with Crippen LogP contribution in [0.3, 0.4) is 0 Å². The molecule has 1 N–H and O–H groups in total. The molecule has 0 unspecified atom stereocenters. The first-order valence-corrected chi connectivity index (χ1v) is 12.2. The van der Waals surface area contributed by atoms with Crippen LogP contribution in [0.15, 0.2) is 36.4 Å². The van der Waals surface area contributed by atoms with Crippen molar-refractivity contribution in [3.05, 3.63) is 52.1 Å². The highest BCUT2D eigenvalue weighted by molar-refractivity contribution is 5.69. The molecular formula is C25H34N6O5. The summed E-state index contributed by atoms with van der Waals surface area (Å²) in [5, 5.41) is 14.7. The average molecular weight is 499 g/mol. The molecule has 4 rings (SSSR count). The highest BCUT2D eigenvalue weighted by atomic mass is 16.6. The Morgan fingerprint density at radius 2 is 1.72 bits per heavy atom. The van der Waals surface area contributed by atoms with Crippen LogP contribution in [0.2, 0.25) is 0 Å². The number of rotatable bonds is 6. The SMILES string of the molecule is CC(C)(C)OC(=O)N1CCN(Cc2ccc(Nc3nc(N4CCOCC4)ccc3[N+](=O)[O-])cc2)CC1. The van der Waals surface area contributed by atoms with E-state index < -0.39 is 10.5 Å². The maximum atomic E-state index is 12.3. The molecule has 1 aromatic carbocycles. The zero-order valence-corrected chi connectivity index (χ0v) is 21.1. The fourth-order valence-corrected chi connectivity index (χ4v) is 4.15. The number of nitrogens with one attached hydrogen (secondary N) is 1. The molecule has 0 aliphatic carbocycles. The van der Waals surface area contributed by atoms with Crippen molar-refractivity contribution in [3.8, 4) is 0 Å². The molecule has 2 fully saturated rings. The second-order valence-corrected chi connectivity index (χ2v) is 9.96. The van der Waals surface area contributed by atoms with Crippen molar-refractivity contribution in [3.63, 3.8) is 0 Å². The van der Waals surface area contributed by atoms with Gasteiger partial charge >= 0.3 is 11.8 Å². The van der Waals surface area contributed by atoms with Gasteiger partial charge in [-0.1, -0.05) is 12.1 Å². The predicted molar refractivity (Wildman–Crippen MR) is 137 cm³/mol. The maximum absolute atomic E-state index is 12.3. The lowest BCUT2D eigenvalue weighted by Crippen LogP contribution is -2.49. The zero-order chi connectivity index (χ0) is 25.7. The molecule has 0 radical (unpaired) electrons. The molecule has 2 saturated heterocycles.